The summed E-state index contributed by atoms with van der Waals surface area (Å²) in [6.45, 7) is 1.97. The number of oxazole rings is 1. The summed E-state index contributed by atoms with van der Waals surface area (Å²) < 4.78 is 33.2. The average Bonchev–Trinajstić information content (AvgIpc) is 3.19. The maximum atomic E-state index is 12.4. The number of rotatable bonds is 8. The lowest BCUT2D eigenvalue weighted by atomic mass is 10.2. The monoisotopic (exact) mass is 462 g/mol. The third kappa shape index (κ3) is 5.83. The predicted molar refractivity (Wildman–Crippen MR) is 125 cm³/mol. The number of hydrogen-bond donors (Lipinski definition) is 2. The van der Waals surface area contributed by atoms with Crippen molar-refractivity contribution in [2.45, 2.75) is 19.2 Å². The molecule has 0 radical (unpaired) electrons. The van der Waals surface area contributed by atoms with Gasteiger partial charge in [-0.15, -0.1) is 0 Å². The number of hydrogen-bond acceptors (Lipinski definition) is 6. The molecule has 2 heterocycles. The molecule has 0 aliphatic rings. The van der Waals surface area contributed by atoms with Crippen LogP contribution in [0.3, 0.4) is 0 Å². The van der Waals surface area contributed by atoms with Gasteiger partial charge >= 0.3 is 0 Å². The van der Waals surface area contributed by atoms with E-state index in [1.807, 2.05) is 6.07 Å². The maximum absolute atomic E-state index is 12.4. The van der Waals surface area contributed by atoms with Crippen LogP contribution in [0.4, 0.5) is 5.69 Å². The van der Waals surface area contributed by atoms with E-state index in [4.69, 9.17) is 4.42 Å². The number of amides is 1. The summed E-state index contributed by atoms with van der Waals surface area (Å²) >= 11 is 0. The number of pyridine rings is 1. The zero-order valence-electron chi connectivity index (χ0n) is 17.9. The molecule has 0 atom stereocenters. The Labute approximate surface area is 191 Å². The van der Waals surface area contributed by atoms with Gasteiger partial charge in [0.15, 0.2) is 0 Å². The zero-order chi connectivity index (χ0) is 23.3. The van der Waals surface area contributed by atoms with Crippen molar-refractivity contribution in [2.24, 2.45) is 0 Å². The van der Waals surface area contributed by atoms with E-state index in [0.29, 0.717) is 39.9 Å². The van der Waals surface area contributed by atoms with E-state index in [-0.39, 0.29) is 18.2 Å². The molecule has 4 aromatic rings. The van der Waals surface area contributed by atoms with Crippen molar-refractivity contribution in [3.8, 4) is 11.5 Å². The van der Waals surface area contributed by atoms with Crippen molar-refractivity contribution in [2.75, 3.05) is 4.72 Å². The fraction of sp³-hybridized carbons (Fsp3) is 0.125. The van der Waals surface area contributed by atoms with Crippen LogP contribution >= 0.6 is 0 Å². The fourth-order valence-corrected chi connectivity index (χ4v) is 4.36. The van der Waals surface area contributed by atoms with Crippen LogP contribution in [0.25, 0.3) is 11.5 Å². The summed E-state index contributed by atoms with van der Waals surface area (Å²) in [6, 6.07) is 20.8. The van der Waals surface area contributed by atoms with Crippen LogP contribution in [-0.4, -0.2) is 24.3 Å². The van der Waals surface area contributed by atoms with Crippen LogP contribution in [0.2, 0.25) is 0 Å². The molecule has 0 aliphatic heterocycles. The maximum Gasteiger partial charge on any atom is 0.270 e. The first kappa shape index (κ1) is 22.2. The Morgan fingerprint density at radius 3 is 2.39 bits per heavy atom. The molecule has 0 saturated carbocycles. The first-order valence-electron chi connectivity index (χ1n) is 10.2. The van der Waals surface area contributed by atoms with Crippen LogP contribution in [0.5, 0.6) is 0 Å². The Hall–Kier alpha value is -3.98. The number of carbonyl (C=O) groups is 1. The molecule has 0 aliphatic carbocycles. The molecule has 4 rings (SSSR count). The molecule has 2 N–H and O–H groups in total. The lowest BCUT2D eigenvalue weighted by Crippen LogP contribution is -2.24. The average molecular weight is 463 g/mol. The Bertz CT molecular complexity index is 1340. The van der Waals surface area contributed by atoms with E-state index < -0.39 is 10.0 Å². The summed E-state index contributed by atoms with van der Waals surface area (Å²) in [6.07, 6.45) is 1.56. The Kier molecular flexibility index (Phi) is 6.50. The largest absolute Gasteiger partial charge is 0.441 e. The number of benzene rings is 2. The molecule has 33 heavy (non-hydrogen) atoms. The van der Waals surface area contributed by atoms with E-state index in [1.54, 1.807) is 79.9 Å². The summed E-state index contributed by atoms with van der Waals surface area (Å²) in [7, 11) is -3.54. The normalized spacial score (nSPS) is 11.2. The van der Waals surface area contributed by atoms with Crippen LogP contribution in [-0.2, 0) is 22.3 Å². The number of nitrogens with zero attached hydrogens (tertiary/aromatic N) is 2. The molecular weight excluding hydrogens is 440 g/mol. The standard InChI is InChI=1S/C24H22N4O4S/c1-17-22(15-26-23(29)21-9-5-6-14-25-21)27-24(32-17)19-10-12-20(13-11-19)28-33(30,31)16-18-7-3-2-4-8-18/h2-14,28H,15-16H2,1H3,(H,26,29). The highest BCUT2D eigenvalue weighted by molar-refractivity contribution is 7.91. The quantitative estimate of drug-likeness (QED) is 0.410. The van der Waals surface area contributed by atoms with Gasteiger partial charge in [-0.05, 0) is 48.9 Å². The fourth-order valence-electron chi connectivity index (χ4n) is 3.16. The highest BCUT2D eigenvalue weighted by Crippen LogP contribution is 2.24. The molecule has 0 spiro atoms. The topological polar surface area (TPSA) is 114 Å². The highest BCUT2D eigenvalue weighted by atomic mass is 32.2. The van der Waals surface area contributed by atoms with Gasteiger partial charge in [0, 0.05) is 17.4 Å². The summed E-state index contributed by atoms with van der Waals surface area (Å²) in [5, 5.41) is 2.78. The number of nitrogens with one attached hydrogen (secondary N) is 2. The van der Waals surface area contributed by atoms with Crippen LogP contribution in [0.1, 0.15) is 27.5 Å². The van der Waals surface area contributed by atoms with Crippen LogP contribution in [0, 0.1) is 6.92 Å². The van der Waals surface area contributed by atoms with E-state index in [2.05, 4.69) is 20.0 Å². The van der Waals surface area contributed by atoms with E-state index in [1.165, 1.54) is 0 Å². The second-order valence-electron chi connectivity index (χ2n) is 7.34. The molecule has 0 saturated heterocycles. The van der Waals surface area contributed by atoms with Crippen molar-refractivity contribution in [3.63, 3.8) is 0 Å². The summed E-state index contributed by atoms with van der Waals surface area (Å²) in [5.74, 6) is 0.557. The third-order valence-electron chi connectivity index (χ3n) is 4.81. The zero-order valence-corrected chi connectivity index (χ0v) is 18.7. The first-order valence-corrected chi connectivity index (χ1v) is 11.9. The minimum atomic E-state index is -3.54. The molecule has 2 aromatic carbocycles. The van der Waals surface area contributed by atoms with Gasteiger partial charge in [-0.2, -0.15) is 0 Å². The van der Waals surface area contributed by atoms with E-state index in [0.717, 1.165) is 0 Å². The van der Waals surface area contributed by atoms with Crippen molar-refractivity contribution in [1.29, 1.82) is 0 Å². The second-order valence-corrected chi connectivity index (χ2v) is 9.07. The molecule has 0 unspecified atom stereocenters. The molecule has 168 valence electrons. The van der Waals surface area contributed by atoms with Crippen molar-refractivity contribution in [1.82, 2.24) is 15.3 Å². The highest BCUT2D eigenvalue weighted by Gasteiger charge is 2.15. The lowest BCUT2D eigenvalue weighted by molar-refractivity contribution is 0.0945. The number of sulfonamides is 1. The Morgan fingerprint density at radius 1 is 0.970 bits per heavy atom. The van der Waals surface area contributed by atoms with Gasteiger partial charge in [0.1, 0.15) is 17.1 Å². The molecule has 0 fully saturated rings. The molecule has 0 bridgehead atoms. The minimum Gasteiger partial charge on any atom is -0.441 e. The van der Waals surface area contributed by atoms with Gasteiger partial charge < -0.3 is 9.73 Å². The third-order valence-corrected chi connectivity index (χ3v) is 6.07. The number of carbonyl (C=O) groups excluding carboxylic acids is 1. The summed E-state index contributed by atoms with van der Waals surface area (Å²) in [5.41, 5.74) is 2.76. The van der Waals surface area contributed by atoms with Gasteiger partial charge in [-0.3, -0.25) is 14.5 Å². The second kappa shape index (κ2) is 9.66. The van der Waals surface area contributed by atoms with Gasteiger partial charge in [0.25, 0.3) is 5.91 Å². The van der Waals surface area contributed by atoms with Gasteiger partial charge in [0.05, 0.1) is 12.3 Å². The molecule has 1 amide bonds. The molecule has 8 nitrogen and oxygen atoms in total. The van der Waals surface area contributed by atoms with Gasteiger partial charge in [0.2, 0.25) is 15.9 Å². The smallest absolute Gasteiger partial charge is 0.270 e. The SMILES string of the molecule is Cc1oc(-c2ccc(NS(=O)(=O)Cc3ccccc3)cc2)nc1CNC(=O)c1ccccn1. The number of anilines is 1. The Balaban J connectivity index is 1.40. The minimum absolute atomic E-state index is 0.109. The lowest BCUT2D eigenvalue weighted by Gasteiger charge is -2.08. The van der Waals surface area contributed by atoms with Crippen LogP contribution in [0.15, 0.2) is 83.4 Å². The summed E-state index contributed by atoms with van der Waals surface area (Å²) in [4.78, 5) is 20.7. The first-order chi connectivity index (χ1) is 15.9. The van der Waals surface area contributed by atoms with Crippen molar-refractivity contribution < 1.29 is 17.6 Å². The van der Waals surface area contributed by atoms with E-state index in [9.17, 15) is 13.2 Å². The van der Waals surface area contributed by atoms with Crippen molar-refractivity contribution in [3.05, 3.63) is 102 Å². The molecular formula is C24H22N4O4S. The van der Waals surface area contributed by atoms with Gasteiger partial charge in [-0.1, -0.05) is 36.4 Å². The van der Waals surface area contributed by atoms with Crippen LogP contribution < -0.4 is 10.0 Å². The van der Waals surface area contributed by atoms with Crippen molar-refractivity contribution >= 4 is 21.6 Å². The predicted octanol–water partition coefficient (Wildman–Crippen LogP) is 3.92. The molecule has 2 aromatic heterocycles. The van der Waals surface area contributed by atoms with E-state index >= 15 is 0 Å². The van der Waals surface area contributed by atoms with Gasteiger partial charge in [-0.25, -0.2) is 13.4 Å². The number of aryl methyl sites for hydroxylation is 1. The number of aromatic nitrogens is 2. The molecule has 9 heteroatoms. The Morgan fingerprint density at radius 2 is 1.70 bits per heavy atom.